The minimum absolute atomic E-state index is 0.0178. The van der Waals surface area contributed by atoms with Crippen LogP contribution >= 0.6 is 0 Å². The Bertz CT molecular complexity index is 1680. The lowest BCUT2D eigenvalue weighted by Gasteiger charge is -2.38. The summed E-state index contributed by atoms with van der Waals surface area (Å²) in [4.78, 5) is 24.2. The Morgan fingerprint density at radius 3 is 1.54 bits per heavy atom. The molecule has 2 fully saturated rings. The number of hydrogen-bond donors (Lipinski definition) is 8. The number of aliphatic hydroxyl groups is 8. The van der Waals surface area contributed by atoms with Gasteiger partial charge in [0.2, 0.25) is 0 Å². The average molecular weight is 697 g/mol. The van der Waals surface area contributed by atoms with Gasteiger partial charge in [-0.2, -0.15) is 0 Å². The van der Waals surface area contributed by atoms with Crippen molar-refractivity contribution < 1.29 is 69.4 Å². The zero-order valence-electron chi connectivity index (χ0n) is 27.3. The fourth-order valence-electron chi connectivity index (χ4n) is 6.42. The topological polar surface area (TPSA) is 233 Å². The quantitative estimate of drug-likeness (QED) is 0.114. The minimum atomic E-state index is -1.60. The van der Waals surface area contributed by atoms with E-state index in [0.717, 1.165) is 0 Å². The first-order valence-corrected chi connectivity index (χ1v) is 16.0. The average Bonchev–Trinajstić information content (AvgIpc) is 3.36. The molecule has 1 aliphatic carbocycles. The summed E-state index contributed by atoms with van der Waals surface area (Å²) in [7, 11) is 0. The molecule has 0 radical (unpaired) electrons. The second-order valence-electron chi connectivity index (χ2n) is 12.5. The molecule has 0 saturated carbocycles. The van der Waals surface area contributed by atoms with Gasteiger partial charge in [-0.1, -0.05) is 35.8 Å². The Morgan fingerprint density at radius 1 is 0.680 bits per heavy atom. The Kier molecular flexibility index (Phi) is 11.6. The number of ether oxygens (including phenoxy) is 4. The number of hydrogen-bond acceptors (Lipinski definition) is 14. The van der Waals surface area contributed by atoms with E-state index in [1.807, 2.05) is 0 Å². The maximum atomic E-state index is 12.1. The van der Waals surface area contributed by atoms with Crippen LogP contribution in [-0.2, 0) is 34.0 Å². The summed E-state index contributed by atoms with van der Waals surface area (Å²) < 4.78 is 22.3. The molecule has 0 amide bonds. The molecule has 5 rings (SSSR count). The van der Waals surface area contributed by atoms with E-state index in [1.165, 1.54) is 13.8 Å². The molecule has 10 atom stereocenters. The summed E-state index contributed by atoms with van der Waals surface area (Å²) in [5.41, 5.74) is 2.24. The number of benzene rings is 2. The lowest BCUT2D eigenvalue weighted by molar-refractivity contribution is -0.214. The van der Waals surface area contributed by atoms with Crippen LogP contribution in [0.5, 0.6) is 0 Å². The van der Waals surface area contributed by atoms with Crippen LogP contribution in [0.25, 0.3) is 11.1 Å². The van der Waals surface area contributed by atoms with Gasteiger partial charge >= 0.3 is 11.9 Å². The van der Waals surface area contributed by atoms with Gasteiger partial charge in [-0.25, -0.2) is 0 Å². The Hall–Kier alpha value is -3.90. The van der Waals surface area contributed by atoms with E-state index in [1.54, 1.807) is 36.4 Å². The van der Waals surface area contributed by atoms with Crippen molar-refractivity contribution in [3.63, 3.8) is 0 Å². The second-order valence-corrected chi connectivity index (χ2v) is 12.5. The predicted octanol–water partition coefficient (Wildman–Crippen LogP) is -2.14. The Balaban J connectivity index is 1.55. The molecule has 2 aromatic carbocycles. The fraction of sp³-hybridized carbons (Fsp3) is 0.500. The molecular formula is C36H40O14. The number of esters is 2. The van der Waals surface area contributed by atoms with Crippen LogP contribution in [0.4, 0.5) is 0 Å². The highest BCUT2D eigenvalue weighted by atomic mass is 16.6. The SMILES string of the molecule is CC(=O)OCC1(COC(C)=O)c2cc(C#C[C@H]3O[C@H](CO)[C@@H](O)[C@H](O)[C@@H]3O)ccc2-c2ccc(C#C[C@H]3O[C@H](CCO)[C@@H](O)[C@H](O)[C@@H]3O)cc21. The molecule has 268 valence electrons. The fourth-order valence-corrected chi connectivity index (χ4v) is 6.42. The molecule has 2 heterocycles. The molecule has 8 N–H and O–H groups in total. The normalized spacial score (nSPS) is 30.8. The predicted molar refractivity (Wildman–Crippen MR) is 172 cm³/mol. The minimum Gasteiger partial charge on any atom is -0.464 e. The summed E-state index contributed by atoms with van der Waals surface area (Å²) in [6.07, 6.45) is -13.7. The molecular weight excluding hydrogens is 656 g/mol. The van der Waals surface area contributed by atoms with Crippen LogP contribution < -0.4 is 0 Å². The summed E-state index contributed by atoms with van der Waals surface area (Å²) in [5, 5.41) is 80.7. The number of aliphatic hydroxyl groups excluding tert-OH is 8. The van der Waals surface area contributed by atoms with E-state index in [-0.39, 0.29) is 26.2 Å². The number of carbonyl (C=O) groups is 2. The summed E-state index contributed by atoms with van der Waals surface area (Å²) in [5.74, 6) is 10.2. The molecule has 0 unspecified atom stereocenters. The molecule has 2 saturated heterocycles. The van der Waals surface area contributed by atoms with E-state index in [9.17, 15) is 50.4 Å². The zero-order chi connectivity index (χ0) is 36.3. The summed E-state index contributed by atoms with van der Waals surface area (Å²) in [6, 6.07) is 10.4. The first kappa shape index (κ1) is 37.4. The van der Waals surface area contributed by atoms with E-state index < -0.39 is 85.0 Å². The lowest BCUT2D eigenvalue weighted by Crippen LogP contribution is -2.58. The highest BCUT2D eigenvalue weighted by Crippen LogP contribution is 2.50. The van der Waals surface area contributed by atoms with Gasteiger partial charge in [0, 0.05) is 31.6 Å². The smallest absolute Gasteiger partial charge is 0.302 e. The maximum Gasteiger partial charge on any atom is 0.302 e. The van der Waals surface area contributed by atoms with Crippen molar-refractivity contribution >= 4 is 11.9 Å². The third-order valence-corrected chi connectivity index (χ3v) is 9.14. The van der Waals surface area contributed by atoms with Gasteiger partial charge in [0.15, 0.2) is 0 Å². The van der Waals surface area contributed by atoms with Crippen LogP contribution in [0, 0.1) is 23.7 Å². The van der Waals surface area contributed by atoms with Crippen molar-refractivity contribution in [2.75, 3.05) is 26.4 Å². The molecule has 0 spiro atoms. The third kappa shape index (κ3) is 7.42. The van der Waals surface area contributed by atoms with E-state index in [0.29, 0.717) is 33.4 Å². The van der Waals surface area contributed by atoms with Crippen LogP contribution in [0.15, 0.2) is 36.4 Å². The first-order valence-electron chi connectivity index (χ1n) is 16.0. The van der Waals surface area contributed by atoms with Crippen molar-refractivity contribution in [2.45, 2.75) is 86.7 Å². The van der Waals surface area contributed by atoms with Gasteiger partial charge < -0.3 is 59.8 Å². The van der Waals surface area contributed by atoms with E-state index in [2.05, 4.69) is 23.7 Å². The van der Waals surface area contributed by atoms with Gasteiger partial charge in [0.25, 0.3) is 0 Å². The van der Waals surface area contributed by atoms with Crippen molar-refractivity contribution in [1.29, 1.82) is 0 Å². The highest BCUT2D eigenvalue weighted by Gasteiger charge is 2.47. The number of carbonyl (C=O) groups excluding carboxylic acids is 2. The first-order chi connectivity index (χ1) is 23.8. The lowest BCUT2D eigenvalue weighted by atomic mass is 9.78. The molecule has 2 aliphatic heterocycles. The third-order valence-electron chi connectivity index (χ3n) is 9.14. The molecule has 0 bridgehead atoms. The van der Waals surface area contributed by atoms with E-state index >= 15 is 0 Å². The second kappa shape index (κ2) is 15.6. The van der Waals surface area contributed by atoms with Gasteiger partial charge in [-0.3, -0.25) is 9.59 Å². The monoisotopic (exact) mass is 696 g/mol. The van der Waals surface area contributed by atoms with Gasteiger partial charge in [-0.15, -0.1) is 0 Å². The van der Waals surface area contributed by atoms with Crippen molar-refractivity contribution in [3.05, 3.63) is 58.7 Å². The summed E-state index contributed by atoms with van der Waals surface area (Å²) in [6.45, 7) is 1.08. The van der Waals surface area contributed by atoms with Crippen LogP contribution in [0.3, 0.4) is 0 Å². The van der Waals surface area contributed by atoms with Crippen LogP contribution in [0.1, 0.15) is 42.5 Å². The summed E-state index contributed by atoms with van der Waals surface area (Å²) >= 11 is 0. The standard InChI is InChI=1S/C36H40O14/c1-18(39)47-16-36(17-48-19(2)40)24-13-20(5-9-26-30(41)34(45)32(43)28(49-26)11-12-37)3-7-22(24)23-8-4-21(14-25(23)36)6-10-27-31(42)35(46)33(44)29(15-38)50-27/h3-4,7-8,13-14,26-35,37-38,41-46H,11-12,15-17H2,1-2H3/t26-,27-,28-,29-,30-,31-,32-,33-,34-,35-/m1/s1. The van der Waals surface area contributed by atoms with Crippen molar-refractivity contribution in [3.8, 4) is 34.8 Å². The van der Waals surface area contributed by atoms with Crippen molar-refractivity contribution in [2.24, 2.45) is 0 Å². The number of rotatable bonds is 7. The molecule has 0 aromatic heterocycles. The van der Waals surface area contributed by atoms with Gasteiger partial charge in [0.1, 0.15) is 68.1 Å². The molecule has 14 heteroatoms. The molecule has 2 aromatic rings. The van der Waals surface area contributed by atoms with Crippen LogP contribution in [0.2, 0.25) is 0 Å². The Labute approximate surface area is 287 Å². The molecule has 3 aliphatic rings. The Morgan fingerprint density at radius 2 is 1.12 bits per heavy atom. The highest BCUT2D eigenvalue weighted by molar-refractivity contribution is 5.83. The molecule has 50 heavy (non-hydrogen) atoms. The zero-order valence-corrected chi connectivity index (χ0v) is 27.3. The van der Waals surface area contributed by atoms with Crippen molar-refractivity contribution in [1.82, 2.24) is 0 Å². The van der Waals surface area contributed by atoms with Crippen LogP contribution in [-0.4, -0.2) is 140 Å². The van der Waals surface area contributed by atoms with Gasteiger partial charge in [-0.05, 0) is 52.9 Å². The number of fused-ring (bicyclic) bond motifs is 3. The molecule has 14 nitrogen and oxygen atoms in total. The van der Waals surface area contributed by atoms with Gasteiger partial charge in [0.05, 0.1) is 18.1 Å². The maximum absolute atomic E-state index is 12.1. The largest absolute Gasteiger partial charge is 0.464 e. The van der Waals surface area contributed by atoms with E-state index in [4.69, 9.17) is 18.9 Å².